The SMILES string of the molecule is N#CC(COC(=O)c1ccccc1)c1ccccc1Sc1ccccc1. The van der Waals surface area contributed by atoms with Crippen LogP contribution in [0.4, 0.5) is 0 Å². The van der Waals surface area contributed by atoms with E-state index in [0.29, 0.717) is 5.56 Å². The summed E-state index contributed by atoms with van der Waals surface area (Å²) in [7, 11) is 0. The molecule has 3 rings (SSSR count). The van der Waals surface area contributed by atoms with Gasteiger partial charge in [0.25, 0.3) is 0 Å². The minimum atomic E-state index is -0.518. The summed E-state index contributed by atoms with van der Waals surface area (Å²) < 4.78 is 5.37. The topological polar surface area (TPSA) is 50.1 Å². The number of nitriles is 1. The largest absolute Gasteiger partial charge is 0.460 e. The van der Waals surface area contributed by atoms with Crippen LogP contribution in [0.3, 0.4) is 0 Å². The van der Waals surface area contributed by atoms with Gasteiger partial charge in [-0.1, -0.05) is 66.4 Å². The molecule has 0 aliphatic heterocycles. The molecule has 3 nitrogen and oxygen atoms in total. The number of ether oxygens (including phenoxy) is 1. The first-order valence-electron chi connectivity index (χ1n) is 8.21. The molecule has 3 aromatic rings. The van der Waals surface area contributed by atoms with Crippen LogP contribution >= 0.6 is 11.8 Å². The molecule has 0 saturated carbocycles. The van der Waals surface area contributed by atoms with Crippen molar-refractivity contribution < 1.29 is 9.53 Å². The Morgan fingerprint density at radius 1 is 0.923 bits per heavy atom. The summed E-state index contributed by atoms with van der Waals surface area (Å²) in [5, 5.41) is 9.60. The predicted molar refractivity (Wildman–Crippen MR) is 102 cm³/mol. The molecule has 0 aliphatic carbocycles. The van der Waals surface area contributed by atoms with Crippen molar-refractivity contribution in [1.82, 2.24) is 0 Å². The molecule has 26 heavy (non-hydrogen) atoms. The first kappa shape index (κ1) is 17.8. The van der Waals surface area contributed by atoms with Gasteiger partial charge in [0.1, 0.15) is 12.5 Å². The van der Waals surface area contributed by atoms with Crippen molar-refractivity contribution in [3.05, 3.63) is 96.1 Å². The first-order valence-corrected chi connectivity index (χ1v) is 9.03. The molecule has 0 N–H and O–H groups in total. The summed E-state index contributed by atoms with van der Waals surface area (Å²) in [5.41, 5.74) is 1.35. The van der Waals surface area contributed by atoms with E-state index in [4.69, 9.17) is 4.74 Å². The Bertz CT molecular complexity index is 904. The Kier molecular flexibility index (Phi) is 6.08. The lowest BCUT2D eigenvalue weighted by Gasteiger charge is -2.14. The zero-order valence-corrected chi connectivity index (χ0v) is 14.9. The molecule has 0 fully saturated rings. The van der Waals surface area contributed by atoms with Crippen molar-refractivity contribution in [2.24, 2.45) is 0 Å². The summed E-state index contributed by atoms with van der Waals surface area (Å²) in [5.74, 6) is -0.936. The van der Waals surface area contributed by atoms with Gasteiger partial charge in [-0.3, -0.25) is 0 Å². The second-order valence-electron chi connectivity index (χ2n) is 5.60. The van der Waals surface area contributed by atoms with E-state index in [-0.39, 0.29) is 6.61 Å². The number of benzene rings is 3. The first-order chi connectivity index (χ1) is 12.8. The second kappa shape index (κ2) is 8.89. The number of rotatable bonds is 6. The lowest BCUT2D eigenvalue weighted by molar-refractivity contribution is 0.0496. The molecule has 0 heterocycles. The van der Waals surface area contributed by atoms with Gasteiger partial charge in [-0.25, -0.2) is 4.79 Å². The van der Waals surface area contributed by atoms with Gasteiger partial charge in [-0.2, -0.15) is 5.26 Å². The summed E-state index contributed by atoms with van der Waals surface area (Å²) >= 11 is 1.60. The van der Waals surface area contributed by atoms with E-state index in [0.717, 1.165) is 15.4 Å². The third-order valence-corrected chi connectivity index (χ3v) is 4.91. The van der Waals surface area contributed by atoms with Crippen LogP contribution in [0.2, 0.25) is 0 Å². The lowest BCUT2D eigenvalue weighted by atomic mass is 10.0. The number of hydrogen-bond acceptors (Lipinski definition) is 4. The molecule has 0 saturated heterocycles. The van der Waals surface area contributed by atoms with Crippen LogP contribution in [0, 0.1) is 11.3 Å². The van der Waals surface area contributed by atoms with Gasteiger partial charge in [-0.05, 0) is 35.9 Å². The minimum Gasteiger partial charge on any atom is -0.460 e. The number of esters is 1. The van der Waals surface area contributed by atoms with E-state index in [1.54, 1.807) is 36.0 Å². The predicted octanol–water partition coefficient (Wildman–Crippen LogP) is 5.30. The van der Waals surface area contributed by atoms with Crippen LogP contribution in [0.5, 0.6) is 0 Å². The molecule has 3 aromatic carbocycles. The van der Waals surface area contributed by atoms with Gasteiger partial charge < -0.3 is 4.74 Å². The van der Waals surface area contributed by atoms with E-state index in [9.17, 15) is 10.1 Å². The normalized spacial score (nSPS) is 11.3. The summed E-state index contributed by atoms with van der Waals surface area (Å²) in [6, 6.07) is 28.8. The quantitative estimate of drug-likeness (QED) is 0.560. The molecule has 1 atom stereocenters. The van der Waals surface area contributed by atoms with E-state index >= 15 is 0 Å². The average molecular weight is 359 g/mol. The Hall–Kier alpha value is -3.03. The van der Waals surface area contributed by atoms with Crippen molar-refractivity contribution >= 4 is 17.7 Å². The average Bonchev–Trinajstić information content (AvgIpc) is 2.71. The van der Waals surface area contributed by atoms with Gasteiger partial charge >= 0.3 is 5.97 Å². The number of hydrogen-bond donors (Lipinski definition) is 0. The Labute approximate surface area is 157 Å². The third-order valence-electron chi connectivity index (χ3n) is 3.81. The molecule has 0 bridgehead atoms. The maximum absolute atomic E-state index is 12.1. The zero-order chi connectivity index (χ0) is 18.2. The Morgan fingerprint density at radius 3 is 2.23 bits per heavy atom. The van der Waals surface area contributed by atoms with Crippen molar-refractivity contribution in [1.29, 1.82) is 5.26 Å². The van der Waals surface area contributed by atoms with E-state index in [2.05, 4.69) is 6.07 Å². The van der Waals surface area contributed by atoms with Crippen molar-refractivity contribution in [2.75, 3.05) is 6.61 Å². The van der Waals surface area contributed by atoms with Crippen LogP contribution in [0.15, 0.2) is 94.7 Å². The third kappa shape index (κ3) is 4.53. The van der Waals surface area contributed by atoms with Crippen molar-refractivity contribution in [3.8, 4) is 6.07 Å². The molecule has 128 valence electrons. The van der Waals surface area contributed by atoms with Crippen molar-refractivity contribution in [2.45, 2.75) is 15.7 Å². The van der Waals surface area contributed by atoms with E-state index in [1.807, 2.05) is 60.7 Å². The maximum atomic E-state index is 12.1. The molecule has 0 aromatic heterocycles. The number of carbonyl (C=O) groups excluding carboxylic acids is 1. The fourth-order valence-electron chi connectivity index (χ4n) is 2.49. The summed E-state index contributed by atoms with van der Waals surface area (Å²) in [6.45, 7) is 0.0244. The fourth-order valence-corrected chi connectivity index (χ4v) is 3.51. The van der Waals surface area contributed by atoms with Crippen molar-refractivity contribution in [3.63, 3.8) is 0 Å². The van der Waals surface area contributed by atoms with Gasteiger partial charge in [0.15, 0.2) is 0 Å². The van der Waals surface area contributed by atoms with Crippen LogP contribution in [-0.4, -0.2) is 12.6 Å². The smallest absolute Gasteiger partial charge is 0.338 e. The number of carbonyl (C=O) groups is 1. The Balaban J connectivity index is 1.74. The minimum absolute atomic E-state index is 0.0244. The molecule has 1 unspecified atom stereocenters. The van der Waals surface area contributed by atoms with Crippen LogP contribution in [-0.2, 0) is 4.74 Å². The number of nitrogens with zero attached hydrogens (tertiary/aromatic N) is 1. The summed E-state index contributed by atoms with van der Waals surface area (Å²) in [6.07, 6.45) is 0. The molecule has 0 aliphatic rings. The van der Waals surface area contributed by atoms with E-state index in [1.165, 1.54) is 0 Å². The van der Waals surface area contributed by atoms with E-state index < -0.39 is 11.9 Å². The molecule has 0 amide bonds. The second-order valence-corrected chi connectivity index (χ2v) is 6.71. The highest BCUT2D eigenvalue weighted by Crippen LogP contribution is 2.34. The zero-order valence-electron chi connectivity index (χ0n) is 14.0. The fraction of sp³-hybridized carbons (Fsp3) is 0.0909. The van der Waals surface area contributed by atoms with Gasteiger partial charge in [0, 0.05) is 9.79 Å². The molecule has 4 heteroatoms. The lowest BCUT2D eigenvalue weighted by Crippen LogP contribution is -2.12. The highest BCUT2D eigenvalue weighted by Gasteiger charge is 2.18. The monoisotopic (exact) mass is 359 g/mol. The Morgan fingerprint density at radius 2 is 1.54 bits per heavy atom. The van der Waals surface area contributed by atoms with Crippen LogP contribution in [0.1, 0.15) is 21.8 Å². The molecule has 0 spiro atoms. The summed E-state index contributed by atoms with van der Waals surface area (Å²) in [4.78, 5) is 14.2. The standard InChI is InChI=1S/C22H17NO2S/c23-15-18(16-25-22(24)17-9-3-1-4-10-17)20-13-7-8-14-21(20)26-19-11-5-2-6-12-19/h1-14,18H,16H2. The highest BCUT2D eigenvalue weighted by atomic mass is 32.2. The van der Waals surface area contributed by atoms with Crippen LogP contribution in [0.25, 0.3) is 0 Å². The molecule has 0 radical (unpaired) electrons. The van der Waals surface area contributed by atoms with Gasteiger partial charge in [0.05, 0.1) is 11.6 Å². The highest BCUT2D eigenvalue weighted by molar-refractivity contribution is 7.99. The molecular formula is C22H17NO2S. The maximum Gasteiger partial charge on any atom is 0.338 e. The van der Waals surface area contributed by atoms with Gasteiger partial charge in [0.2, 0.25) is 0 Å². The molecular weight excluding hydrogens is 342 g/mol. The van der Waals surface area contributed by atoms with Crippen LogP contribution < -0.4 is 0 Å². The van der Waals surface area contributed by atoms with Gasteiger partial charge in [-0.15, -0.1) is 0 Å².